The number of thiazole rings is 1. The first kappa shape index (κ1) is 29.9. The number of allylic oxidation sites excluding steroid dienone is 1. The fourth-order valence-corrected chi connectivity index (χ4v) is 6.44. The van der Waals surface area contributed by atoms with E-state index in [0.29, 0.717) is 54.1 Å². The summed E-state index contributed by atoms with van der Waals surface area (Å²) in [6.07, 6.45) is 2.22. The number of ether oxygens (including phenoxy) is 3. The molecule has 0 aliphatic carbocycles. The molecule has 2 heterocycles. The molecule has 0 amide bonds. The summed E-state index contributed by atoms with van der Waals surface area (Å²) < 4.78 is 19.2. The molecule has 4 aromatic rings. The van der Waals surface area contributed by atoms with Crippen molar-refractivity contribution in [1.82, 2.24) is 4.57 Å². The number of benzene rings is 3. The summed E-state index contributed by atoms with van der Waals surface area (Å²) in [6, 6.07) is 18.4. The Kier molecular flexibility index (Phi) is 8.88. The van der Waals surface area contributed by atoms with Crippen molar-refractivity contribution < 1.29 is 23.9 Å². The summed E-state index contributed by atoms with van der Waals surface area (Å²) in [5.74, 6) is 0.285. The zero-order chi connectivity index (χ0) is 30.7. The standard InChI is InChI=1S/C31H26BrN3O7S/c1-4-23-26(30(37)41-3)27(20-10-6-5-7-11-20)34-29(36)25(43-31(34)33-23)16-19-14-22(32)28(24(15-19)40-2)42-17-18-9-8-12-21(13-18)35(38)39/h5-16,27H,4,17H2,1-3H3/b25-16-/t27-/m0/s1. The van der Waals surface area contributed by atoms with E-state index in [4.69, 9.17) is 19.2 Å². The van der Waals surface area contributed by atoms with Crippen LogP contribution in [0.5, 0.6) is 11.5 Å². The van der Waals surface area contributed by atoms with Crippen molar-refractivity contribution in [1.29, 1.82) is 0 Å². The first-order valence-electron chi connectivity index (χ1n) is 13.2. The van der Waals surface area contributed by atoms with Crippen LogP contribution in [0.1, 0.15) is 36.1 Å². The summed E-state index contributed by atoms with van der Waals surface area (Å²) in [5, 5.41) is 11.1. The molecule has 0 unspecified atom stereocenters. The normalized spacial score (nSPS) is 14.6. The minimum absolute atomic E-state index is 0.0248. The molecule has 43 heavy (non-hydrogen) atoms. The van der Waals surface area contributed by atoms with Crippen LogP contribution in [0.3, 0.4) is 0 Å². The van der Waals surface area contributed by atoms with E-state index in [1.807, 2.05) is 37.3 Å². The maximum atomic E-state index is 13.9. The Morgan fingerprint density at radius 1 is 1.14 bits per heavy atom. The topological polar surface area (TPSA) is 122 Å². The van der Waals surface area contributed by atoms with Crippen LogP contribution >= 0.6 is 27.3 Å². The van der Waals surface area contributed by atoms with Crippen LogP contribution in [0.15, 0.2) is 92.3 Å². The molecule has 0 N–H and O–H groups in total. The monoisotopic (exact) mass is 663 g/mol. The van der Waals surface area contributed by atoms with Crippen molar-refractivity contribution in [2.24, 2.45) is 4.99 Å². The first-order chi connectivity index (χ1) is 20.7. The van der Waals surface area contributed by atoms with E-state index in [-0.39, 0.29) is 17.9 Å². The number of nitrogens with zero attached hydrogens (tertiary/aromatic N) is 3. The molecule has 3 aromatic carbocycles. The van der Waals surface area contributed by atoms with Crippen molar-refractivity contribution in [2.45, 2.75) is 26.0 Å². The largest absolute Gasteiger partial charge is 0.493 e. The molecule has 0 bridgehead atoms. The third kappa shape index (κ3) is 6.02. The zero-order valence-corrected chi connectivity index (χ0v) is 25.8. The number of halogens is 1. The first-order valence-corrected chi connectivity index (χ1v) is 14.8. The SMILES string of the molecule is CCC1=C(C(=O)OC)[C@H](c2ccccc2)n2c(s/c(=C\c3cc(Br)c(OCc4cccc([N+](=O)[O-])c4)c(OC)c3)c2=O)=N1. The minimum atomic E-state index is -0.687. The molecule has 1 atom stereocenters. The Bertz CT molecular complexity index is 1930. The lowest BCUT2D eigenvalue weighted by Gasteiger charge is -2.25. The van der Waals surface area contributed by atoms with Crippen molar-refractivity contribution >= 4 is 45.0 Å². The van der Waals surface area contributed by atoms with Gasteiger partial charge in [0.15, 0.2) is 16.3 Å². The number of esters is 1. The van der Waals surface area contributed by atoms with E-state index < -0.39 is 16.9 Å². The summed E-state index contributed by atoms with van der Waals surface area (Å²) in [4.78, 5) is 42.7. The lowest BCUT2D eigenvalue weighted by atomic mass is 9.95. The fraction of sp³-hybridized carbons (Fsp3) is 0.194. The highest BCUT2D eigenvalue weighted by atomic mass is 79.9. The number of hydrogen-bond acceptors (Lipinski definition) is 9. The predicted molar refractivity (Wildman–Crippen MR) is 165 cm³/mol. The van der Waals surface area contributed by atoms with Gasteiger partial charge in [-0.3, -0.25) is 19.5 Å². The lowest BCUT2D eigenvalue weighted by Crippen LogP contribution is -2.40. The molecule has 5 rings (SSSR count). The van der Waals surface area contributed by atoms with Crippen LogP contribution in [-0.4, -0.2) is 29.7 Å². The molecular formula is C31H26BrN3O7S. The Morgan fingerprint density at radius 2 is 1.91 bits per heavy atom. The number of aromatic nitrogens is 1. The minimum Gasteiger partial charge on any atom is -0.493 e. The summed E-state index contributed by atoms with van der Waals surface area (Å²) >= 11 is 4.77. The van der Waals surface area contributed by atoms with Crippen molar-refractivity contribution in [2.75, 3.05) is 14.2 Å². The molecule has 0 saturated carbocycles. The predicted octanol–water partition coefficient (Wildman–Crippen LogP) is 5.06. The van der Waals surface area contributed by atoms with Crippen molar-refractivity contribution in [3.63, 3.8) is 0 Å². The second-order valence-electron chi connectivity index (χ2n) is 9.45. The Morgan fingerprint density at radius 3 is 2.58 bits per heavy atom. The molecule has 1 aromatic heterocycles. The van der Waals surface area contributed by atoms with Gasteiger partial charge in [0.25, 0.3) is 11.2 Å². The average Bonchev–Trinajstić information content (AvgIpc) is 3.33. The van der Waals surface area contributed by atoms with E-state index in [2.05, 4.69) is 15.9 Å². The van der Waals surface area contributed by atoms with Crippen LogP contribution in [-0.2, 0) is 16.1 Å². The number of nitro benzene ring substituents is 1. The van der Waals surface area contributed by atoms with Gasteiger partial charge in [-0.2, -0.15) is 0 Å². The van der Waals surface area contributed by atoms with Gasteiger partial charge in [0.2, 0.25) is 0 Å². The van der Waals surface area contributed by atoms with E-state index >= 15 is 0 Å². The van der Waals surface area contributed by atoms with Gasteiger partial charge in [-0.25, -0.2) is 9.79 Å². The highest BCUT2D eigenvalue weighted by Gasteiger charge is 2.33. The van der Waals surface area contributed by atoms with Crippen molar-refractivity contribution in [3.05, 3.63) is 129 Å². The second-order valence-corrected chi connectivity index (χ2v) is 11.3. The number of nitro groups is 1. The maximum absolute atomic E-state index is 13.9. The molecule has 0 saturated heterocycles. The molecular weight excluding hydrogens is 638 g/mol. The molecule has 0 fully saturated rings. The van der Waals surface area contributed by atoms with E-state index in [9.17, 15) is 19.7 Å². The number of fused-ring (bicyclic) bond motifs is 1. The Labute approximate surface area is 258 Å². The zero-order valence-electron chi connectivity index (χ0n) is 23.4. The van der Waals surface area contributed by atoms with Gasteiger partial charge < -0.3 is 14.2 Å². The highest BCUT2D eigenvalue weighted by Crippen LogP contribution is 2.38. The summed E-state index contributed by atoms with van der Waals surface area (Å²) in [5.41, 5.74) is 2.65. The van der Waals surface area contributed by atoms with Crippen LogP contribution in [0.25, 0.3) is 6.08 Å². The van der Waals surface area contributed by atoms with E-state index in [1.54, 1.807) is 34.9 Å². The molecule has 1 aliphatic heterocycles. The third-order valence-corrected chi connectivity index (χ3v) is 8.39. The second kappa shape index (κ2) is 12.8. The van der Waals surface area contributed by atoms with Gasteiger partial charge in [-0.15, -0.1) is 0 Å². The van der Waals surface area contributed by atoms with Gasteiger partial charge in [0.1, 0.15) is 6.61 Å². The number of non-ortho nitro benzene ring substituents is 1. The van der Waals surface area contributed by atoms with Crippen molar-refractivity contribution in [3.8, 4) is 11.5 Å². The number of carbonyl (C=O) groups excluding carboxylic acids is 1. The fourth-order valence-electron chi connectivity index (χ4n) is 4.84. The van der Waals surface area contributed by atoms with Gasteiger partial charge in [-0.1, -0.05) is 60.7 Å². The summed E-state index contributed by atoms with van der Waals surface area (Å²) in [6.45, 7) is 1.99. The third-order valence-electron chi connectivity index (χ3n) is 6.82. The number of rotatable bonds is 9. The Balaban J connectivity index is 1.56. The van der Waals surface area contributed by atoms with Crippen LogP contribution in [0.2, 0.25) is 0 Å². The molecule has 12 heteroatoms. The summed E-state index contributed by atoms with van der Waals surface area (Å²) in [7, 11) is 2.82. The quantitative estimate of drug-likeness (QED) is 0.139. The molecule has 0 spiro atoms. The number of carbonyl (C=O) groups is 1. The molecule has 0 radical (unpaired) electrons. The smallest absolute Gasteiger partial charge is 0.338 e. The van der Waals surface area contributed by atoms with Crippen LogP contribution < -0.4 is 24.4 Å². The van der Waals surface area contributed by atoms with Crippen LogP contribution in [0.4, 0.5) is 5.69 Å². The molecule has 10 nitrogen and oxygen atoms in total. The molecule has 1 aliphatic rings. The highest BCUT2D eigenvalue weighted by molar-refractivity contribution is 9.10. The lowest BCUT2D eigenvalue weighted by molar-refractivity contribution is -0.384. The average molecular weight is 665 g/mol. The van der Waals surface area contributed by atoms with Crippen LogP contribution in [0, 0.1) is 10.1 Å². The number of hydrogen-bond donors (Lipinski definition) is 0. The molecule has 220 valence electrons. The van der Waals surface area contributed by atoms with Gasteiger partial charge in [0.05, 0.1) is 45.5 Å². The van der Waals surface area contributed by atoms with E-state index in [0.717, 1.165) is 5.56 Å². The van der Waals surface area contributed by atoms with E-state index in [1.165, 1.54) is 37.7 Å². The van der Waals surface area contributed by atoms with Gasteiger partial charge >= 0.3 is 5.97 Å². The maximum Gasteiger partial charge on any atom is 0.338 e. The van der Waals surface area contributed by atoms with Gasteiger partial charge in [-0.05, 0) is 57.2 Å². The Hall–Kier alpha value is -4.55. The number of methoxy groups -OCH3 is 2. The van der Waals surface area contributed by atoms with Gasteiger partial charge in [0, 0.05) is 12.1 Å².